The van der Waals surface area contributed by atoms with E-state index in [4.69, 9.17) is 4.74 Å². The first-order valence-corrected chi connectivity index (χ1v) is 21.7. The van der Waals surface area contributed by atoms with Crippen LogP contribution in [0, 0.1) is 6.92 Å². The van der Waals surface area contributed by atoms with Gasteiger partial charge in [-0.25, -0.2) is 0 Å². The van der Waals surface area contributed by atoms with Gasteiger partial charge in [0, 0.05) is 0 Å². The van der Waals surface area contributed by atoms with Crippen molar-refractivity contribution in [1.82, 2.24) is 4.72 Å². The van der Waals surface area contributed by atoms with Crippen LogP contribution in [0.1, 0.15) is 71.8 Å². The zero-order valence-corrected chi connectivity index (χ0v) is 24.1. The molecular formula is C25H45NO3SSn. The van der Waals surface area contributed by atoms with Gasteiger partial charge in [0.15, 0.2) is 0 Å². The van der Waals surface area contributed by atoms with Gasteiger partial charge in [0.05, 0.1) is 0 Å². The Bertz CT molecular complexity index is 710. The minimum absolute atomic E-state index is 0.217. The van der Waals surface area contributed by atoms with Gasteiger partial charge in [0.25, 0.3) is 0 Å². The van der Waals surface area contributed by atoms with E-state index < -0.39 is 28.4 Å². The van der Waals surface area contributed by atoms with Crippen LogP contribution in [0.5, 0.6) is 0 Å². The van der Waals surface area contributed by atoms with Crippen molar-refractivity contribution in [3.05, 3.63) is 42.0 Å². The molecule has 1 aromatic rings. The molecule has 0 aliphatic heterocycles. The molecule has 0 fully saturated rings. The molecule has 0 aliphatic rings. The molecule has 0 bridgehead atoms. The van der Waals surface area contributed by atoms with Crippen molar-refractivity contribution in [2.75, 3.05) is 11.2 Å². The molecule has 1 rings (SSSR count). The second kappa shape index (κ2) is 15.5. The number of ether oxygens (including phenoxy) is 1. The molecule has 0 heterocycles. The molecule has 0 aromatic heterocycles. The quantitative estimate of drug-likeness (QED) is 0.173. The van der Waals surface area contributed by atoms with Crippen LogP contribution in [0.4, 0.5) is 0 Å². The monoisotopic (exact) mass is 559 g/mol. The van der Waals surface area contributed by atoms with Gasteiger partial charge in [0.2, 0.25) is 0 Å². The maximum absolute atomic E-state index is 12.7. The van der Waals surface area contributed by atoms with Crippen molar-refractivity contribution < 1.29 is 13.2 Å². The average molecular weight is 558 g/mol. The van der Waals surface area contributed by atoms with Crippen LogP contribution < -0.4 is 4.72 Å². The van der Waals surface area contributed by atoms with Crippen molar-refractivity contribution in [3.8, 4) is 0 Å². The molecule has 0 saturated heterocycles. The molecule has 0 aliphatic carbocycles. The molecule has 1 N–H and O–H groups in total. The number of rotatable bonds is 17. The van der Waals surface area contributed by atoms with Gasteiger partial charge in [-0.05, 0) is 0 Å². The van der Waals surface area contributed by atoms with Crippen LogP contribution in [0.25, 0.3) is 0 Å². The van der Waals surface area contributed by atoms with Crippen molar-refractivity contribution in [1.29, 1.82) is 0 Å². The molecule has 0 saturated carbocycles. The third-order valence-electron chi connectivity index (χ3n) is 6.00. The summed E-state index contributed by atoms with van der Waals surface area (Å²) in [5, 5.41) is 0. The van der Waals surface area contributed by atoms with E-state index in [1.807, 2.05) is 38.1 Å². The molecule has 31 heavy (non-hydrogen) atoms. The van der Waals surface area contributed by atoms with E-state index >= 15 is 0 Å². The topological polar surface area (TPSA) is 55.4 Å². The fraction of sp³-hybridized carbons (Fsp3) is 0.680. The van der Waals surface area contributed by atoms with Gasteiger partial charge in [-0.3, -0.25) is 0 Å². The molecule has 6 heteroatoms. The summed E-state index contributed by atoms with van der Waals surface area (Å²) in [4.78, 5) is 0.305. The fourth-order valence-electron chi connectivity index (χ4n) is 3.92. The summed E-state index contributed by atoms with van der Waals surface area (Å²) < 4.78 is 39.7. The SMILES string of the molecule is C/C=C/C(CNS(=O)(=O)c1ccc(C)cc1)O[CH2][Sn]([CH2]CCC)([CH2]CCC)[CH2]CCC. The Morgan fingerprint density at radius 2 is 1.48 bits per heavy atom. The third kappa shape index (κ3) is 10.9. The van der Waals surface area contributed by atoms with Gasteiger partial charge in [-0.15, -0.1) is 0 Å². The van der Waals surface area contributed by atoms with Gasteiger partial charge in [-0.2, -0.15) is 0 Å². The fourth-order valence-corrected chi connectivity index (χ4v) is 19.4. The first-order chi connectivity index (χ1) is 14.8. The zero-order chi connectivity index (χ0) is 23.2. The van der Waals surface area contributed by atoms with Crippen LogP contribution in [-0.4, -0.2) is 44.1 Å². The van der Waals surface area contributed by atoms with Crippen LogP contribution in [-0.2, 0) is 14.8 Å². The van der Waals surface area contributed by atoms with E-state index in [1.165, 1.54) is 51.8 Å². The third-order valence-corrected chi connectivity index (χ3v) is 21.8. The summed E-state index contributed by atoms with van der Waals surface area (Å²) in [6.07, 6.45) is 11.4. The van der Waals surface area contributed by atoms with Crippen molar-refractivity contribution in [2.24, 2.45) is 0 Å². The predicted octanol–water partition coefficient (Wildman–Crippen LogP) is 6.62. The van der Waals surface area contributed by atoms with Crippen LogP contribution >= 0.6 is 0 Å². The van der Waals surface area contributed by atoms with Crippen molar-refractivity contribution >= 4 is 28.4 Å². The Kier molecular flexibility index (Phi) is 14.3. The minimum atomic E-state index is -3.53. The van der Waals surface area contributed by atoms with E-state index in [9.17, 15) is 8.42 Å². The molecule has 0 spiro atoms. The molecule has 4 nitrogen and oxygen atoms in total. The number of sulfonamides is 1. The Labute approximate surface area is 196 Å². The Morgan fingerprint density at radius 1 is 0.968 bits per heavy atom. The molecule has 0 amide bonds. The molecule has 1 unspecified atom stereocenters. The van der Waals surface area contributed by atoms with Gasteiger partial charge in [0.1, 0.15) is 0 Å². The van der Waals surface area contributed by atoms with Crippen LogP contribution in [0.3, 0.4) is 0 Å². The molecular weight excluding hydrogens is 513 g/mol. The summed E-state index contributed by atoms with van der Waals surface area (Å²) in [6.45, 7) is 11.0. The predicted molar refractivity (Wildman–Crippen MR) is 136 cm³/mol. The van der Waals surface area contributed by atoms with Crippen LogP contribution in [0.2, 0.25) is 13.3 Å². The maximum atomic E-state index is 12.7. The number of unbranched alkanes of at least 4 members (excludes halogenated alkanes) is 3. The average Bonchev–Trinajstić information content (AvgIpc) is 2.76. The molecule has 0 radical (unpaired) electrons. The van der Waals surface area contributed by atoms with Gasteiger partial charge in [-0.1, -0.05) is 0 Å². The van der Waals surface area contributed by atoms with Gasteiger partial charge >= 0.3 is 197 Å². The summed E-state index contributed by atoms with van der Waals surface area (Å²) >= 11 is -2.41. The van der Waals surface area contributed by atoms with E-state index in [-0.39, 0.29) is 12.6 Å². The summed E-state index contributed by atoms with van der Waals surface area (Å²) in [5.41, 5.74) is 1.05. The zero-order valence-electron chi connectivity index (χ0n) is 20.5. The number of aryl methyl sites for hydroxylation is 1. The Morgan fingerprint density at radius 3 is 1.94 bits per heavy atom. The van der Waals surface area contributed by atoms with E-state index in [0.29, 0.717) is 4.90 Å². The van der Waals surface area contributed by atoms with Gasteiger partial charge < -0.3 is 0 Å². The molecule has 178 valence electrons. The van der Waals surface area contributed by atoms with E-state index in [2.05, 4.69) is 25.5 Å². The molecule has 1 aromatic carbocycles. The second-order valence-electron chi connectivity index (χ2n) is 8.85. The van der Waals surface area contributed by atoms with Crippen LogP contribution in [0.15, 0.2) is 41.3 Å². The standard InChI is InChI=1S/C13H18NO3S.3C4H9.Sn/c1-4-5-12(17-3)10-14-18(15,16)13-8-6-11(2)7-9-13;3*1-3-4-2;/h4-9,12,14H,3,10H2,1-2H3;3*1,3-4H2,2H3;/b5-4+;;;;. The number of allylic oxidation sites excluding steroid dienone is 1. The number of nitrogens with one attached hydrogen (secondary N) is 1. The van der Waals surface area contributed by atoms with Crippen molar-refractivity contribution in [2.45, 2.75) is 97.5 Å². The summed E-state index contributed by atoms with van der Waals surface area (Å²) in [7, 11) is -3.53. The number of benzene rings is 1. The Balaban J connectivity index is 2.86. The number of hydrogen-bond donors (Lipinski definition) is 1. The normalized spacial score (nSPS) is 13.7. The second-order valence-corrected chi connectivity index (χ2v) is 24.3. The molecule has 1 atom stereocenters. The van der Waals surface area contributed by atoms with E-state index in [1.54, 1.807) is 12.1 Å². The summed E-state index contributed by atoms with van der Waals surface area (Å²) in [5.74, 6) is 0. The first kappa shape index (κ1) is 28.7. The Hall–Kier alpha value is -0.371. The van der Waals surface area contributed by atoms with Crippen molar-refractivity contribution in [3.63, 3.8) is 0 Å². The summed E-state index contributed by atoms with van der Waals surface area (Å²) in [6, 6.07) is 6.97. The van der Waals surface area contributed by atoms with E-state index in [0.717, 1.165) is 10.2 Å². The first-order valence-electron chi connectivity index (χ1n) is 12.1. The number of hydrogen-bond acceptors (Lipinski definition) is 3.